The van der Waals surface area contributed by atoms with Crippen molar-refractivity contribution in [2.75, 3.05) is 13.6 Å². The van der Waals surface area contributed by atoms with Gasteiger partial charge in [-0.2, -0.15) is 0 Å². The molecule has 3 nitrogen and oxygen atoms in total. The van der Waals surface area contributed by atoms with Crippen LogP contribution in [0.2, 0.25) is 0 Å². The van der Waals surface area contributed by atoms with Gasteiger partial charge in [-0.1, -0.05) is 6.07 Å². The summed E-state index contributed by atoms with van der Waals surface area (Å²) in [5, 5.41) is 3.10. The van der Waals surface area contributed by atoms with Crippen LogP contribution >= 0.6 is 0 Å². The molecule has 0 bridgehead atoms. The minimum Gasteiger partial charge on any atom is -0.324 e. The van der Waals surface area contributed by atoms with Crippen LogP contribution in [-0.2, 0) is 0 Å². The van der Waals surface area contributed by atoms with Crippen molar-refractivity contribution in [2.45, 2.75) is 18.9 Å². The fourth-order valence-corrected chi connectivity index (χ4v) is 1.26. The summed E-state index contributed by atoms with van der Waals surface area (Å²) >= 11 is 0. The van der Waals surface area contributed by atoms with Crippen LogP contribution in [-0.4, -0.2) is 18.6 Å². The molecule has 0 saturated heterocycles. The SMILES string of the molecule is CNCCCC(N)c1cccnc1. The van der Waals surface area contributed by atoms with E-state index < -0.39 is 0 Å². The molecule has 1 atom stereocenters. The van der Waals surface area contributed by atoms with Gasteiger partial charge in [0.15, 0.2) is 0 Å². The van der Waals surface area contributed by atoms with E-state index in [1.54, 1.807) is 6.20 Å². The summed E-state index contributed by atoms with van der Waals surface area (Å²) < 4.78 is 0. The van der Waals surface area contributed by atoms with Crippen molar-refractivity contribution >= 4 is 0 Å². The molecule has 0 radical (unpaired) electrons. The monoisotopic (exact) mass is 179 g/mol. The van der Waals surface area contributed by atoms with Crippen LogP contribution < -0.4 is 11.1 Å². The largest absolute Gasteiger partial charge is 0.324 e. The number of nitrogens with two attached hydrogens (primary N) is 1. The lowest BCUT2D eigenvalue weighted by Gasteiger charge is -2.10. The molecular weight excluding hydrogens is 162 g/mol. The van der Waals surface area contributed by atoms with Crippen LogP contribution in [0.25, 0.3) is 0 Å². The number of aromatic nitrogens is 1. The molecule has 1 aromatic heterocycles. The maximum absolute atomic E-state index is 5.97. The topological polar surface area (TPSA) is 50.9 Å². The van der Waals surface area contributed by atoms with E-state index in [4.69, 9.17) is 5.73 Å². The Morgan fingerprint density at radius 3 is 3.08 bits per heavy atom. The van der Waals surface area contributed by atoms with Gasteiger partial charge >= 0.3 is 0 Å². The molecule has 13 heavy (non-hydrogen) atoms. The zero-order valence-corrected chi connectivity index (χ0v) is 8.03. The lowest BCUT2D eigenvalue weighted by Crippen LogP contribution is -2.14. The van der Waals surface area contributed by atoms with Crippen LogP contribution in [0.5, 0.6) is 0 Å². The van der Waals surface area contributed by atoms with E-state index in [9.17, 15) is 0 Å². The summed E-state index contributed by atoms with van der Waals surface area (Å²) in [7, 11) is 1.95. The molecular formula is C10H17N3. The molecule has 0 fully saturated rings. The first-order valence-corrected chi connectivity index (χ1v) is 4.64. The highest BCUT2D eigenvalue weighted by atomic mass is 14.8. The third kappa shape index (κ3) is 3.53. The van der Waals surface area contributed by atoms with Crippen molar-refractivity contribution in [3.05, 3.63) is 30.1 Å². The van der Waals surface area contributed by atoms with Crippen molar-refractivity contribution in [1.82, 2.24) is 10.3 Å². The second-order valence-corrected chi connectivity index (χ2v) is 3.14. The second-order valence-electron chi connectivity index (χ2n) is 3.14. The van der Waals surface area contributed by atoms with Gasteiger partial charge in [0.2, 0.25) is 0 Å². The van der Waals surface area contributed by atoms with E-state index >= 15 is 0 Å². The summed E-state index contributed by atoms with van der Waals surface area (Å²) in [5.74, 6) is 0. The highest BCUT2D eigenvalue weighted by Crippen LogP contribution is 2.13. The van der Waals surface area contributed by atoms with Crippen LogP contribution in [0.4, 0.5) is 0 Å². The van der Waals surface area contributed by atoms with E-state index in [-0.39, 0.29) is 6.04 Å². The fraction of sp³-hybridized carbons (Fsp3) is 0.500. The molecule has 0 aliphatic heterocycles. The Morgan fingerprint density at radius 2 is 2.46 bits per heavy atom. The number of hydrogen-bond donors (Lipinski definition) is 2. The molecule has 0 aliphatic carbocycles. The summed E-state index contributed by atoms with van der Waals surface area (Å²) in [6.45, 7) is 1.02. The Bertz CT molecular complexity index is 223. The van der Waals surface area contributed by atoms with Crippen LogP contribution in [0, 0.1) is 0 Å². The molecule has 1 heterocycles. The average Bonchev–Trinajstić information content (AvgIpc) is 2.19. The van der Waals surface area contributed by atoms with Gasteiger partial charge in [-0.3, -0.25) is 4.98 Å². The van der Waals surface area contributed by atoms with Gasteiger partial charge in [-0.15, -0.1) is 0 Å². The quantitative estimate of drug-likeness (QED) is 0.665. The van der Waals surface area contributed by atoms with Crippen molar-refractivity contribution in [3.8, 4) is 0 Å². The average molecular weight is 179 g/mol. The molecule has 0 saturated carbocycles. The minimum atomic E-state index is 0.127. The highest BCUT2D eigenvalue weighted by molar-refractivity contribution is 5.12. The predicted octanol–water partition coefficient (Wildman–Crippen LogP) is 1.08. The highest BCUT2D eigenvalue weighted by Gasteiger charge is 2.03. The van der Waals surface area contributed by atoms with Gasteiger partial charge in [0, 0.05) is 18.4 Å². The Labute approximate surface area is 79.4 Å². The normalized spacial score (nSPS) is 12.8. The molecule has 1 unspecified atom stereocenters. The smallest absolute Gasteiger partial charge is 0.0315 e. The van der Waals surface area contributed by atoms with E-state index in [0.29, 0.717) is 0 Å². The fourth-order valence-electron chi connectivity index (χ4n) is 1.26. The van der Waals surface area contributed by atoms with E-state index in [1.807, 2.05) is 25.4 Å². The van der Waals surface area contributed by atoms with E-state index in [2.05, 4.69) is 10.3 Å². The van der Waals surface area contributed by atoms with E-state index in [1.165, 1.54) is 0 Å². The first-order valence-electron chi connectivity index (χ1n) is 4.64. The molecule has 0 aromatic carbocycles. The third-order valence-corrected chi connectivity index (χ3v) is 2.05. The number of nitrogens with zero attached hydrogens (tertiary/aromatic N) is 1. The zero-order valence-electron chi connectivity index (χ0n) is 8.03. The summed E-state index contributed by atoms with van der Waals surface area (Å²) in [4.78, 5) is 4.04. The lowest BCUT2D eigenvalue weighted by molar-refractivity contribution is 0.589. The van der Waals surface area contributed by atoms with Gasteiger partial charge in [-0.25, -0.2) is 0 Å². The molecule has 1 rings (SSSR count). The third-order valence-electron chi connectivity index (χ3n) is 2.05. The molecule has 0 aliphatic rings. The predicted molar refractivity (Wildman–Crippen MR) is 54.3 cm³/mol. The molecule has 3 heteroatoms. The number of hydrogen-bond acceptors (Lipinski definition) is 3. The molecule has 3 N–H and O–H groups in total. The zero-order chi connectivity index (χ0) is 9.52. The standard InChI is InChI=1S/C10H17N3/c1-12-6-3-5-10(11)9-4-2-7-13-8-9/h2,4,7-8,10,12H,3,5-6,11H2,1H3. The Morgan fingerprint density at radius 1 is 1.62 bits per heavy atom. The lowest BCUT2D eigenvalue weighted by atomic mass is 10.1. The number of pyridine rings is 1. The molecule has 0 spiro atoms. The first-order chi connectivity index (χ1) is 6.34. The van der Waals surface area contributed by atoms with E-state index in [0.717, 1.165) is 24.9 Å². The maximum atomic E-state index is 5.97. The van der Waals surface area contributed by atoms with Crippen molar-refractivity contribution in [2.24, 2.45) is 5.73 Å². The Hall–Kier alpha value is -0.930. The molecule has 72 valence electrons. The van der Waals surface area contributed by atoms with Gasteiger partial charge in [0.1, 0.15) is 0 Å². The van der Waals surface area contributed by atoms with Crippen LogP contribution in [0.1, 0.15) is 24.4 Å². The van der Waals surface area contributed by atoms with Crippen molar-refractivity contribution < 1.29 is 0 Å². The number of rotatable bonds is 5. The molecule has 0 amide bonds. The minimum absolute atomic E-state index is 0.127. The van der Waals surface area contributed by atoms with Crippen molar-refractivity contribution in [3.63, 3.8) is 0 Å². The van der Waals surface area contributed by atoms with Crippen molar-refractivity contribution in [1.29, 1.82) is 0 Å². The molecule has 1 aromatic rings. The van der Waals surface area contributed by atoms with Crippen LogP contribution in [0.15, 0.2) is 24.5 Å². The maximum Gasteiger partial charge on any atom is 0.0315 e. The summed E-state index contributed by atoms with van der Waals surface area (Å²) in [6, 6.07) is 4.08. The first kappa shape index (κ1) is 10.2. The van der Waals surface area contributed by atoms with Crippen LogP contribution in [0.3, 0.4) is 0 Å². The van der Waals surface area contributed by atoms with Gasteiger partial charge in [0.25, 0.3) is 0 Å². The van der Waals surface area contributed by atoms with Gasteiger partial charge < -0.3 is 11.1 Å². The summed E-state index contributed by atoms with van der Waals surface area (Å²) in [5.41, 5.74) is 7.09. The van der Waals surface area contributed by atoms with Gasteiger partial charge in [0.05, 0.1) is 0 Å². The Kier molecular flexibility index (Phi) is 4.43. The Balaban J connectivity index is 2.35. The van der Waals surface area contributed by atoms with Gasteiger partial charge in [-0.05, 0) is 38.1 Å². The second kappa shape index (κ2) is 5.67. The number of nitrogens with one attached hydrogen (secondary N) is 1. The summed E-state index contributed by atoms with van der Waals surface area (Å²) in [6.07, 6.45) is 5.72.